The molecule has 3 rings (SSSR count). The fourth-order valence-electron chi connectivity index (χ4n) is 3.61. The lowest BCUT2D eigenvalue weighted by Gasteiger charge is -2.45. The summed E-state index contributed by atoms with van der Waals surface area (Å²) < 4.78 is 27.0. The summed E-state index contributed by atoms with van der Waals surface area (Å²) in [6.45, 7) is -1.04. The molecule has 0 radical (unpaired) electrons. The van der Waals surface area contributed by atoms with Gasteiger partial charge in [-0.2, -0.15) is 0 Å². The average molecular weight is 476 g/mol. The minimum Gasteiger partial charge on any atom is -0.493 e. The van der Waals surface area contributed by atoms with Gasteiger partial charge in [0.2, 0.25) is 0 Å². The fraction of sp³-hybridized carbons (Fsp3) is 0.650. The van der Waals surface area contributed by atoms with Gasteiger partial charge in [0.1, 0.15) is 61.7 Å². The highest BCUT2D eigenvalue weighted by Gasteiger charge is 2.50. The Balaban J connectivity index is 1.77. The van der Waals surface area contributed by atoms with Crippen LogP contribution in [0.25, 0.3) is 0 Å². The highest BCUT2D eigenvalue weighted by molar-refractivity contribution is 5.76. The van der Waals surface area contributed by atoms with Gasteiger partial charge >= 0.3 is 0 Å². The molecule has 13 heteroatoms. The Bertz CT molecular complexity index is 789. The number of aliphatic hydroxyl groups is 7. The van der Waals surface area contributed by atoms with Crippen LogP contribution in [0.1, 0.15) is 10.4 Å². The lowest BCUT2D eigenvalue weighted by molar-refractivity contribution is -0.354. The van der Waals surface area contributed by atoms with Crippen LogP contribution in [0.15, 0.2) is 18.2 Å². The van der Waals surface area contributed by atoms with Crippen LogP contribution in [0.2, 0.25) is 0 Å². The van der Waals surface area contributed by atoms with Crippen molar-refractivity contribution in [1.82, 2.24) is 0 Å². The number of hydrogen-bond donors (Lipinski definition) is 7. The third-order valence-corrected chi connectivity index (χ3v) is 5.53. The summed E-state index contributed by atoms with van der Waals surface area (Å²) in [7, 11) is 1.36. The van der Waals surface area contributed by atoms with Gasteiger partial charge < -0.3 is 59.4 Å². The maximum atomic E-state index is 10.9. The van der Waals surface area contributed by atoms with Crippen molar-refractivity contribution in [1.29, 1.82) is 0 Å². The van der Waals surface area contributed by atoms with Crippen LogP contribution in [0.4, 0.5) is 0 Å². The average Bonchev–Trinajstić information content (AvgIpc) is 2.83. The molecule has 186 valence electrons. The molecule has 33 heavy (non-hydrogen) atoms. The second kappa shape index (κ2) is 11.0. The maximum absolute atomic E-state index is 10.9. The van der Waals surface area contributed by atoms with Crippen molar-refractivity contribution in [3.8, 4) is 11.5 Å². The fourth-order valence-corrected chi connectivity index (χ4v) is 3.61. The number of aliphatic hydroxyl groups excluding tert-OH is 7. The van der Waals surface area contributed by atoms with Gasteiger partial charge in [-0.1, -0.05) is 0 Å². The first-order valence-corrected chi connectivity index (χ1v) is 10.1. The van der Waals surface area contributed by atoms with Gasteiger partial charge in [0.25, 0.3) is 0 Å². The van der Waals surface area contributed by atoms with Gasteiger partial charge in [0, 0.05) is 5.56 Å². The Hall–Kier alpha value is -1.91. The van der Waals surface area contributed by atoms with E-state index in [0.29, 0.717) is 11.8 Å². The second-order valence-electron chi connectivity index (χ2n) is 7.68. The smallest absolute Gasteiger partial charge is 0.187 e. The van der Waals surface area contributed by atoms with E-state index in [4.69, 9.17) is 23.7 Å². The topological polar surface area (TPSA) is 205 Å². The van der Waals surface area contributed by atoms with Crippen LogP contribution in [0.5, 0.6) is 11.5 Å². The Morgan fingerprint density at radius 2 is 1.64 bits per heavy atom. The van der Waals surface area contributed by atoms with E-state index in [1.807, 2.05) is 0 Å². The minimum absolute atomic E-state index is 0.202. The second-order valence-corrected chi connectivity index (χ2v) is 7.68. The van der Waals surface area contributed by atoms with E-state index in [2.05, 4.69) is 0 Å². The van der Waals surface area contributed by atoms with Gasteiger partial charge in [-0.15, -0.1) is 0 Å². The molecule has 2 saturated heterocycles. The summed E-state index contributed by atoms with van der Waals surface area (Å²) in [5.41, 5.74) is 0.339. The molecule has 1 aromatic rings. The summed E-state index contributed by atoms with van der Waals surface area (Å²) in [5.74, 6) is 0.427. The number of aldehydes is 1. The summed E-state index contributed by atoms with van der Waals surface area (Å²) in [6, 6.07) is 4.36. The highest BCUT2D eigenvalue weighted by Crippen LogP contribution is 2.31. The van der Waals surface area contributed by atoms with Crippen molar-refractivity contribution in [2.75, 3.05) is 20.3 Å². The predicted octanol–water partition coefficient (Wildman–Crippen LogP) is -3.49. The number of benzene rings is 1. The van der Waals surface area contributed by atoms with E-state index in [1.54, 1.807) is 0 Å². The van der Waals surface area contributed by atoms with E-state index in [-0.39, 0.29) is 18.1 Å². The molecule has 1 unspecified atom stereocenters. The van der Waals surface area contributed by atoms with Crippen LogP contribution in [0, 0.1) is 0 Å². The molecular weight excluding hydrogens is 448 g/mol. The molecule has 13 nitrogen and oxygen atoms in total. The van der Waals surface area contributed by atoms with Crippen LogP contribution in [-0.2, 0) is 14.2 Å². The van der Waals surface area contributed by atoms with Crippen molar-refractivity contribution in [3.63, 3.8) is 0 Å². The van der Waals surface area contributed by atoms with Gasteiger partial charge in [0.15, 0.2) is 24.1 Å². The Morgan fingerprint density at radius 3 is 2.27 bits per heavy atom. The largest absolute Gasteiger partial charge is 0.493 e. The van der Waals surface area contributed by atoms with Crippen molar-refractivity contribution in [2.24, 2.45) is 0 Å². The zero-order valence-electron chi connectivity index (χ0n) is 17.6. The van der Waals surface area contributed by atoms with Crippen molar-refractivity contribution in [2.45, 2.75) is 61.4 Å². The Morgan fingerprint density at radius 1 is 0.909 bits per heavy atom. The molecule has 0 aliphatic carbocycles. The predicted molar refractivity (Wildman–Crippen MR) is 105 cm³/mol. The first kappa shape index (κ1) is 25.7. The van der Waals surface area contributed by atoms with Gasteiger partial charge in [-0.3, -0.25) is 4.79 Å². The molecule has 1 aromatic carbocycles. The molecule has 0 spiro atoms. The molecule has 2 aliphatic rings. The van der Waals surface area contributed by atoms with E-state index >= 15 is 0 Å². The number of rotatable bonds is 8. The molecule has 0 saturated carbocycles. The molecule has 2 heterocycles. The van der Waals surface area contributed by atoms with E-state index in [0.717, 1.165) is 0 Å². The summed E-state index contributed by atoms with van der Waals surface area (Å²) >= 11 is 0. The third-order valence-electron chi connectivity index (χ3n) is 5.53. The number of hydrogen-bond acceptors (Lipinski definition) is 13. The van der Waals surface area contributed by atoms with Crippen molar-refractivity contribution >= 4 is 6.29 Å². The lowest BCUT2D eigenvalue weighted by Crippen LogP contribution is -2.64. The SMILES string of the molecule is COc1cc(C=O)ccc1OC[C@H]1OC(O)[C@H](O)[C@@H](O)[C@@H]1O[C@H]1O[C@H](CO)[C@@H](O)[C@H](O)[C@H]1O. The van der Waals surface area contributed by atoms with Crippen molar-refractivity contribution in [3.05, 3.63) is 23.8 Å². The number of ether oxygens (including phenoxy) is 5. The molecule has 7 N–H and O–H groups in total. The molecule has 0 aromatic heterocycles. The normalized spacial score (nSPS) is 39.2. The van der Waals surface area contributed by atoms with Gasteiger partial charge in [0.05, 0.1) is 13.7 Å². The van der Waals surface area contributed by atoms with Gasteiger partial charge in [-0.25, -0.2) is 0 Å². The van der Waals surface area contributed by atoms with Crippen molar-refractivity contribution < 1.29 is 64.2 Å². The molecule has 0 amide bonds. The third kappa shape index (κ3) is 5.44. The molecule has 0 bridgehead atoms. The maximum Gasteiger partial charge on any atom is 0.187 e. The van der Waals surface area contributed by atoms with E-state index < -0.39 is 68.0 Å². The van der Waals surface area contributed by atoms with Gasteiger partial charge in [-0.05, 0) is 18.2 Å². The summed E-state index contributed by atoms with van der Waals surface area (Å²) in [6.07, 6.45) is -15.3. The standard InChI is InChI=1S/C20H28O13/c1-29-10-4-8(5-21)2-3-9(10)30-7-12-18(15(25)16(26)19(28)31-12)33-20-17(27)14(24)13(23)11(6-22)32-20/h2-5,11-20,22-28H,6-7H2,1H3/t11-,12-,13-,14+,15-,16-,17-,18-,19?,20-/m1/s1. The zero-order chi connectivity index (χ0) is 24.3. The molecule has 2 fully saturated rings. The van der Waals surface area contributed by atoms with E-state index in [1.165, 1.54) is 25.3 Å². The first-order chi connectivity index (χ1) is 15.7. The summed E-state index contributed by atoms with van der Waals surface area (Å²) in [4.78, 5) is 10.9. The number of carbonyl (C=O) groups excluding carboxylic acids is 1. The van der Waals surface area contributed by atoms with Crippen LogP contribution in [-0.4, -0.2) is 124 Å². The zero-order valence-corrected chi connectivity index (χ0v) is 17.6. The number of carbonyl (C=O) groups is 1. The molecule has 10 atom stereocenters. The highest BCUT2D eigenvalue weighted by atomic mass is 16.7. The summed E-state index contributed by atoms with van der Waals surface area (Å²) in [5, 5.41) is 69.8. The first-order valence-electron chi connectivity index (χ1n) is 10.1. The minimum atomic E-state index is -1.79. The Labute approximate surface area is 188 Å². The monoisotopic (exact) mass is 476 g/mol. The molecular formula is C20H28O13. The lowest BCUT2D eigenvalue weighted by atomic mass is 9.97. The number of methoxy groups -OCH3 is 1. The Kier molecular flexibility index (Phi) is 8.58. The van der Waals surface area contributed by atoms with Crippen LogP contribution < -0.4 is 9.47 Å². The molecule has 2 aliphatic heterocycles. The van der Waals surface area contributed by atoms with Crippen LogP contribution in [0.3, 0.4) is 0 Å². The van der Waals surface area contributed by atoms with E-state index in [9.17, 15) is 40.5 Å². The quantitative estimate of drug-likeness (QED) is 0.182. The van der Waals surface area contributed by atoms with Crippen LogP contribution >= 0.6 is 0 Å².